The molecule has 35 heavy (non-hydrogen) atoms. The molecule has 0 saturated heterocycles. The fourth-order valence-corrected chi connectivity index (χ4v) is 4.02. The first-order valence-corrected chi connectivity index (χ1v) is 12.4. The summed E-state index contributed by atoms with van der Waals surface area (Å²) in [6.45, 7) is 4.80. The van der Waals surface area contributed by atoms with Gasteiger partial charge in [-0.1, -0.05) is 66.7 Å². The maximum atomic E-state index is 12.4. The second-order valence-corrected chi connectivity index (χ2v) is 8.79. The largest absolute Gasteiger partial charge is 0.494 e. The van der Waals surface area contributed by atoms with Crippen LogP contribution in [0.15, 0.2) is 89.1 Å². The number of amides is 1. The Kier molecular flexibility index (Phi) is 8.30. The number of nitrogens with one attached hydrogen (secondary N) is 1. The van der Waals surface area contributed by atoms with Crippen molar-refractivity contribution in [3.05, 3.63) is 90.0 Å². The van der Waals surface area contributed by atoms with Gasteiger partial charge >= 0.3 is 0 Å². The molecule has 0 aliphatic carbocycles. The maximum absolute atomic E-state index is 12.4. The van der Waals surface area contributed by atoms with Crippen LogP contribution in [-0.2, 0) is 4.79 Å². The zero-order chi connectivity index (χ0) is 24.5. The zero-order valence-corrected chi connectivity index (χ0v) is 20.5. The molecule has 0 atom stereocenters. The van der Waals surface area contributed by atoms with Gasteiger partial charge in [-0.05, 0) is 55.3 Å². The van der Waals surface area contributed by atoms with E-state index in [0.717, 1.165) is 34.8 Å². The van der Waals surface area contributed by atoms with Gasteiger partial charge in [0.1, 0.15) is 5.75 Å². The molecule has 4 aromatic rings. The summed E-state index contributed by atoms with van der Waals surface area (Å²) in [6.07, 6.45) is 2.57. The van der Waals surface area contributed by atoms with Gasteiger partial charge in [-0.25, -0.2) is 5.43 Å². The third kappa shape index (κ3) is 6.58. The lowest BCUT2D eigenvalue weighted by atomic mass is 10.1. The number of hydrazone groups is 1. The van der Waals surface area contributed by atoms with Crippen LogP contribution in [0.2, 0.25) is 0 Å². The van der Waals surface area contributed by atoms with Crippen LogP contribution in [-0.4, -0.2) is 39.2 Å². The molecule has 0 fully saturated rings. The van der Waals surface area contributed by atoms with E-state index >= 15 is 0 Å². The molecule has 0 unspecified atom stereocenters. The summed E-state index contributed by atoms with van der Waals surface area (Å²) < 4.78 is 7.54. The quantitative estimate of drug-likeness (QED) is 0.188. The van der Waals surface area contributed by atoms with Crippen molar-refractivity contribution < 1.29 is 9.53 Å². The number of ether oxygens (including phenoxy) is 1. The average molecular weight is 486 g/mol. The number of benzene rings is 3. The van der Waals surface area contributed by atoms with E-state index in [-0.39, 0.29) is 11.7 Å². The molecule has 1 amide bonds. The molecule has 7 nitrogen and oxygen atoms in total. The molecular formula is C27H27N5O2S. The van der Waals surface area contributed by atoms with Crippen molar-refractivity contribution >= 4 is 23.9 Å². The standard InChI is InChI=1S/C27H27N5O2S/c1-3-17-34-24-15-11-21(12-16-24)18-28-29-25(33)19-35-27-31-30-26(22-13-9-20(2)10-14-22)32(27)23-7-5-4-6-8-23/h4-16,18H,3,17,19H2,1-2H3,(H,29,33). The predicted octanol–water partition coefficient (Wildman–Crippen LogP) is 5.27. The summed E-state index contributed by atoms with van der Waals surface area (Å²) >= 11 is 1.31. The number of aryl methyl sites for hydroxylation is 1. The van der Waals surface area contributed by atoms with Gasteiger partial charge in [0, 0.05) is 11.3 Å². The van der Waals surface area contributed by atoms with Gasteiger partial charge < -0.3 is 4.74 Å². The molecule has 1 aromatic heterocycles. The van der Waals surface area contributed by atoms with Crippen LogP contribution in [0.1, 0.15) is 24.5 Å². The van der Waals surface area contributed by atoms with Crippen molar-refractivity contribution in [3.8, 4) is 22.8 Å². The van der Waals surface area contributed by atoms with E-state index in [2.05, 4.69) is 27.6 Å². The van der Waals surface area contributed by atoms with Crippen molar-refractivity contribution in [1.29, 1.82) is 0 Å². The molecule has 0 aliphatic rings. The summed E-state index contributed by atoms with van der Waals surface area (Å²) in [5, 5.41) is 13.5. The van der Waals surface area contributed by atoms with Crippen LogP contribution in [0.4, 0.5) is 0 Å². The highest BCUT2D eigenvalue weighted by atomic mass is 32.2. The molecule has 1 heterocycles. The first-order valence-electron chi connectivity index (χ1n) is 11.4. The van der Waals surface area contributed by atoms with E-state index in [1.807, 2.05) is 90.4 Å². The molecule has 8 heteroatoms. The van der Waals surface area contributed by atoms with Crippen LogP contribution in [0.5, 0.6) is 5.75 Å². The number of hydrogen-bond donors (Lipinski definition) is 1. The fraction of sp³-hybridized carbons (Fsp3) is 0.185. The molecule has 0 radical (unpaired) electrons. The van der Waals surface area contributed by atoms with Crippen molar-refractivity contribution in [3.63, 3.8) is 0 Å². The number of carbonyl (C=O) groups excluding carboxylic acids is 1. The van der Waals surface area contributed by atoms with E-state index in [1.54, 1.807) is 6.21 Å². The number of nitrogens with zero attached hydrogens (tertiary/aromatic N) is 4. The fourth-order valence-electron chi connectivity index (χ4n) is 3.27. The highest BCUT2D eigenvalue weighted by molar-refractivity contribution is 7.99. The second-order valence-electron chi connectivity index (χ2n) is 7.84. The molecule has 0 aliphatic heterocycles. The third-order valence-electron chi connectivity index (χ3n) is 5.05. The van der Waals surface area contributed by atoms with Crippen LogP contribution >= 0.6 is 11.8 Å². The van der Waals surface area contributed by atoms with E-state index in [0.29, 0.717) is 11.8 Å². The summed E-state index contributed by atoms with van der Waals surface area (Å²) in [5.41, 5.74) is 6.51. The Balaban J connectivity index is 1.41. The first-order chi connectivity index (χ1) is 17.1. The number of aromatic nitrogens is 3. The van der Waals surface area contributed by atoms with E-state index < -0.39 is 0 Å². The molecule has 4 rings (SSSR count). The SMILES string of the molecule is CCCOc1ccc(C=NNC(=O)CSc2nnc(-c3ccc(C)cc3)n2-c2ccccc2)cc1. The zero-order valence-electron chi connectivity index (χ0n) is 19.7. The molecular weight excluding hydrogens is 458 g/mol. The lowest BCUT2D eigenvalue weighted by Gasteiger charge is -2.10. The monoisotopic (exact) mass is 485 g/mol. The minimum atomic E-state index is -0.228. The number of para-hydroxylation sites is 1. The maximum Gasteiger partial charge on any atom is 0.250 e. The summed E-state index contributed by atoms with van der Waals surface area (Å²) in [5.74, 6) is 1.47. The highest BCUT2D eigenvalue weighted by Crippen LogP contribution is 2.28. The molecule has 1 N–H and O–H groups in total. The smallest absolute Gasteiger partial charge is 0.250 e. The topological polar surface area (TPSA) is 81.4 Å². The van der Waals surface area contributed by atoms with Gasteiger partial charge in [0.05, 0.1) is 18.6 Å². The molecule has 0 spiro atoms. The van der Waals surface area contributed by atoms with Gasteiger partial charge in [0.15, 0.2) is 11.0 Å². The number of rotatable bonds is 10. The van der Waals surface area contributed by atoms with Gasteiger partial charge in [-0.2, -0.15) is 5.10 Å². The average Bonchev–Trinajstić information content (AvgIpc) is 3.32. The van der Waals surface area contributed by atoms with Crippen LogP contribution in [0.25, 0.3) is 17.1 Å². The van der Waals surface area contributed by atoms with Crippen molar-refractivity contribution in [2.75, 3.05) is 12.4 Å². The molecule has 3 aromatic carbocycles. The Morgan fingerprint density at radius 2 is 1.77 bits per heavy atom. The van der Waals surface area contributed by atoms with Crippen molar-refractivity contribution in [1.82, 2.24) is 20.2 Å². The summed E-state index contributed by atoms with van der Waals surface area (Å²) in [7, 11) is 0. The lowest BCUT2D eigenvalue weighted by Crippen LogP contribution is -2.20. The van der Waals surface area contributed by atoms with Gasteiger partial charge in [0.2, 0.25) is 0 Å². The van der Waals surface area contributed by atoms with E-state index in [9.17, 15) is 4.79 Å². The van der Waals surface area contributed by atoms with Gasteiger partial charge in [0.25, 0.3) is 5.91 Å². The normalized spacial score (nSPS) is 11.0. The molecule has 0 saturated carbocycles. The third-order valence-corrected chi connectivity index (χ3v) is 5.97. The summed E-state index contributed by atoms with van der Waals surface area (Å²) in [4.78, 5) is 12.4. The predicted molar refractivity (Wildman–Crippen MR) is 140 cm³/mol. The second kappa shape index (κ2) is 12.0. The van der Waals surface area contributed by atoms with E-state index in [4.69, 9.17) is 4.74 Å². The van der Waals surface area contributed by atoms with Crippen LogP contribution in [0.3, 0.4) is 0 Å². The van der Waals surface area contributed by atoms with Crippen molar-refractivity contribution in [2.24, 2.45) is 5.10 Å². The Morgan fingerprint density at radius 1 is 1.03 bits per heavy atom. The highest BCUT2D eigenvalue weighted by Gasteiger charge is 2.17. The van der Waals surface area contributed by atoms with Crippen LogP contribution < -0.4 is 10.2 Å². The van der Waals surface area contributed by atoms with Crippen molar-refractivity contribution in [2.45, 2.75) is 25.4 Å². The Bertz CT molecular complexity index is 1270. The lowest BCUT2D eigenvalue weighted by molar-refractivity contribution is -0.118. The minimum absolute atomic E-state index is 0.153. The Hall–Kier alpha value is -3.91. The van der Waals surface area contributed by atoms with Gasteiger partial charge in [-0.15, -0.1) is 10.2 Å². The Morgan fingerprint density at radius 3 is 2.49 bits per heavy atom. The van der Waals surface area contributed by atoms with E-state index in [1.165, 1.54) is 17.3 Å². The van der Waals surface area contributed by atoms with Gasteiger partial charge in [-0.3, -0.25) is 9.36 Å². The molecule has 0 bridgehead atoms. The Labute approximate surface area is 209 Å². The number of thioether (sulfide) groups is 1. The van der Waals surface area contributed by atoms with Crippen LogP contribution in [0, 0.1) is 6.92 Å². The minimum Gasteiger partial charge on any atom is -0.494 e. The number of carbonyl (C=O) groups is 1. The summed E-state index contributed by atoms with van der Waals surface area (Å²) in [6, 6.07) is 25.6. The first kappa shape index (κ1) is 24.2. The number of hydrogen-bond acceptors (Lipinski definition) is 6. The molecule has 178 valence electrons.